The second-order valence-electron chi connectivity index (χ2n) is 10.4. The van der Waals surface area contributed by atoms with E-state index in [1.807, 2.05) is 44.2 Å². The van der Waals surface area contributed by atoms with Crippen molar-refractivity contribution in [3.05, 3.63) is 93.5 Å². The van der Waals surface area contributed by atoms with Gasteiger partial charge in [-0.25, -0.2) is 17.2 Å². The molecule has 1 fully saturated rings. The molecule has 3 aromatic carbocycles. The van der Waals surface area contributed by atoms with Crippen LogP contribution in [0.1, 0.15) is 35.3 Å². The summed E-state index contributed by atoms with van der Waals surface area (Å²) in [5.74, 6) is -1.93. The van der Waals surface area contributed by atoms with Gasteiger partial charge in [-0.1, -0.05) is 44.2 Å². The normalized spacial score (nSPS) is 18.0. The lowest BCUT2D eigenvalue weighted by Gasteiger charge is -2.34. The van der Waals surface area contributed by atoms with E-state index in [-0.39, 0.29) is 25.2 Å². The van der Waals surface area contributed by atoms with Crippen molar-refractivity contribution in [2.24, 2.45) is 0 Å². The summed E-state index contributed by atoms with van der Waals surface area (Å²) in [6.07, 6.45) is 0. The molecular formula is C28H28BrF2N3O3S. The average Bonchev–Trinajstić information content (AvgIpc) is 3.14. The van der Waals surface area contributed by atoms with Gasteiger partial charge in [-0.2, -0.15) is 4.31 Å². The molecule has 1 amide bonds. The van der Waals surface area contributed by atoms with Crippen molar-refractivity contribution in [3.8, 4) is 0 Å². The summed E-state index contributed by atoms with van der Waals surface area (Å²) in [5, 5.41) is 0. The molecule has 0 aromatic heterocycles. The fourth-order valence-electron chi connectivity index (χ4n) is 5.15. The van der Waals surface area contributed by atoms with Crippen molar-refractivity contribution in [2.45, 2.75) is 30.7 Å². The lowest BCUT2D eigenvalue weighted by Crippen LogP contribution is -2.48. The zero-order chi connectivity index (χ0) is 27.2. The van der Waals surface area contributed by atoms with Crippen molar-refractivity contribution < 1.29 is 22.0 Å². The molecule has 38 heavy (non-hydrogen) atoms. The van der Waals surface area contributed by atoms with Crippen LogP contribution in [-0.4, -0.2) is 56.3 Å². The Hall–Kier alpha value is -2.66. The summed E-state index contributed by atoms with van der Waals surface area (Å²) in [6, 6.07) is 16.3. The highest BCUT2D eigenvalue weighted by molar-refractivity contribution is 9.10. The van der Waals surface area contributed by atoms with Crippen LogP contribution < -0.4 is 4.90 Å². The van der Waals surface area contributed by atoms with Crippen LogP contribution in [0.3, 0.4) is 0 Å². The smallest absolute Gasteiger partial charge is 0.258 e. The van der Waals surface area contributed by atoms with E-state index in [2.05, 4.69) is 20.8 Å². The van der Waals surface area contributed by atoms with Crippen LogP contribution >= 0.6 is 15.9 Å². The Morgan fingerprint density at radius 1 is 0.947 bits per heavy atom. The lowest BCUT2D eigenvalue weighted by atomic mass is 9.87. The summed E-state index contributed by atoms with van der Waals surface area (Å²) in [5.41, 5.74) is 1.93. The number of benzene rings is 3. The molecule has 0 bridgehead atoms. The van der Waals surface area contributed by atoms with Crippen LogP contribution in [-0.2, 0) is 22.0 Å². The first-order chi connectivity index (χ1) is 18.0. The molecule has 2 aliphatic heterocycles. The minimum absolute atomic E-state index is 0.0275. The molecule has 1 saturated heterocycles. The van der Waals surface area contributed by atoms with E-state index in [1.165, 1.54) is 21.3 Å². The molecule has 10 heteroatoms. The summed E-state index contributed by atoms with van der Waals surface area (Å²) >= 11 is 3.21. The summed E-state index contributed by atoms with van der Waals surface area (Å²) in [6.45, 7) is 6.33. The Balaban J connectivity index is 1.37. The van der Waals surface area contributed by atoms with E-state index in [4.69, 9.17) is 0 Å². The van der Waals surface area contributed by atoms with E-state index in [0.29, 0.717) is 29.8 Å². The van der Waals surface area contributed by atoms with Crippen LogP contribution in [0.5, 0.6) is 0 Å². The van der Waals surface area contributed by atoms with Gasteiger partial charge in [-0.3, -0.25) is 9.69 Å². The molecule has 0 saturated carbocycles. The molecule has 200 valence electrons. The number of fused-ring (bicyclic) bond motifs is 1. The number of hydrogen-bond acceptors (Lipinski definition) is 4. The van der Waals surface area contributed by atoms with Crippen LogP contribution in [0.4, 0.5) is 14.5 Å². The third-order valence-electron chi connectivity index (χ3n) is 7.23. The van der Waals surface area contributed by atoms with Gasteiger partial charge in [0.1, 0.15) is 16.5 Å². The van der Waals surface area contributed by atoms with Crippen molar-refractivity contribution in [3.63, 3.8) is 0 Å². The first-order valence-corrected chi connectivity index (χ1v) is 14.6. The lowest BCUT2D eigenvalue weighted by molar-refractivity contribution is 0.0985. The number of nitrogens with zero attached hydrogens (tertiary/aromatic N) is 3. The van der Waals surface area contributed by atoms with Crippen LogP contribution in [0.25, 0.3) is 0 Å². The average molecular weight is 605 g/mol. The standard InChI is InChI=1S/C28H28BrF2N3O3S/c1-28(2)18-34(25-16-24(31)22(29)15-21(25)28)27(35)20-8-9-23(30)26(14-20)38(36,37)33-12-10-32(11-13-33)17-19-6-4-3-5-7-19/h3-9,14-16H,10-13,17-18H2,1-2H3. The minimum atomic E-state index is -4.17. The van der Waals surface area contributed by atoms with Crippen molar-refractivity contribution in [1.82, 2.24) is 9.21 Å². The summed E-state index contributed by atoms with van der Waals surface area (Å²) in [7, 11) is -4.17. The van der Waals surface area contributed by atoms with Gasteiger partial charge in [0.25, 0.3) is 5.91 Å². The van der Waals surface area contributed by atoms with E-state index in [0.717, 1.165) is 23.3 Å². The predicted molar refractivity (Wildman–Crippen MR) is 146 cm³/mol. The van der Waals surface area contributed by atoms with Gasteiger partial charge in [-0.05, 0) is 57.4 Å². The van der Waals surface area contributed by atoms with E-state index in [9.17, 15) is 22.0 Å². The number of carbonyl (C=O) groups excluding carboxylic acids is 1. The number of rotatable bonds is 5. The number of amides is 1. The second-order valence-corrected chi connectivity index (χ2v) is 13.1. The maximum atomic E-state index is 14.9. The van der Waals surface area contributed by atoms with Crippen LogP contribution in [0.15, 0.2) is 70.0 Å². The molecule has 5 rings (SSSR count). The van der Waals surface area contributed by atoms with Gasteiger partial charge >= 0.3 is 0 Å². The Bertz CT molecular complexity index is 1490. The van der Waals surface area contributed by atoms with Gasteiger partial charge in [0, 0.05) is 50.2 Å². The molecular weight excluding hydrogens is 576 g/mol. The minimum Gasteiger partial charge on any atom is -0.307 e. The molecule has 2 aliphatic rings. The number of sulfonamides is 1. The van der Waals surface area contributed by atoms with E-state index < -0.39 is 37.9 Å². The zero-order valence-corrected chi connectivity index (χ0v) is 23.5. The molecule has 2 heterocycles. The Morgan fingerprint density at radius 2 is 1.63 bits per heavy atom. The van der Waals surface area contributed by atoms with Crippen molar-refractivity contribution in [1.29, 1.82) is 0 Å². The number of piperazine rings is 1. The topological polar surface area (TPSA) is 60.9 Å². The van der Waals surface area contributed by atoms with Gasteiger partial charge < -0.3 is 4.90 Å². The molecule has 0 aliphatic carbocycles. The quantitative estimate of drug-likeness (QED) is 0.404. The highest BCUT2D eigenvalue weighted by Gasteiger charge is 2.40. The van der Waals surface area contributed by atoms with E-state index >= 15 is 0 Å². The summed E-state index contributed by atoms with van der Waals surface area (Å²) in [4.78, 5) is 16.6. The number of hydrogen-bond donors (Lipinski definition) is 0. The molecule has 0 unspecified atom stereocenters. The van der Waals surface area contributed by atoms with Gasteiger partial charge in [0.2, 0.25) is 10.0 Å². The Morgan fingerprint density at radius 3 is 2.32 bits per heavy atom. The van der Waals surface area contributed by atoms with E-state index in [1.54, 1.807) is 6.07 Å². The van der Waals surface area contributed by atoms with Crippen molar-refractivity contribution in [2.75, 3.05) is 37.6 Å². The third-order valence-corrected chi connectivity index (χ3v) is 9.75. The Kier molecular flexibility index (Phi) is 7.19. The van der Waals surface area contributed by atoms with Gasteiger partial charge in [-0.15, -0.1) is 0 Å². The Labute approximate surface area is 230 Å². The first-order valence-electron chi connectivity index (χ1n) is 12.3. The molecule has 0 spiro atoms. The van der Waals surface area contributed by atoms with Gasteiger partial charge in [0.05, 0.1) is 10.2 Å². The SMILES string of the molecule is CC1(C)CN(C(=O)c2ccc(F)c(S(=O)(=O)N3CCN(Cc4ccccc4)CC3)c2)c2cc(F)c(Br)cc21. The highest BCUT2D eigenvalue weighted by atomic mass is 79.9. The maximum absolute atomic E-state index is 14.9. The largest absolute Gasteiger partial charge is 0.307 e. The number of halogens is 3. The third kappa shape index (κ3) is 5.02. The zero-order valence-electron chi connectivity index (χ0n) is 21.1. The molecule has 0 radical (unpaired) electrons. The predicted octanol–water partition coefficient (Wildman–Crippen LogP) is 5.17. The number of anilines is 1. The molecule has 0 N–H and O–H groups in total. The molecule has 0 atom stereocenters. The molecule has 6 nitrogen and oxygen atoms in total. The monoisotopic (exact) mass is 603 g/mol. The summed E-state index contributed by atoms with van der Waals surface area (Å²) < 4.78 is 57.7. The first kappa shape index (κ1) is 26.9. The van der Waals surface area contributed by atoms with Gasteiger partial charge in [0.15, 0.2) is 0 Å². The fraction of sp³-hybridized carbons (Fsp3) is 0.321. The molecule has 3 aromatic rings. The second kappa shape index (κ2) is 10.1. The highest BCUT2D eigenvalue weighted by Crippen LogP contribution is 2.43. The van der Waals surface area contributed by atoms with Crippen LogP contribution in [0.2, 0.25) is 0 Å². The maximum Gasteiger partial charge on any atom is 0.258 e. The number of carbonyl (C=O) groups is 1. The van der Waals surface area contributed by atoms with Crippen LogP contribution in [0, 0.1) is 11.6 Å². The fourth-order valence-corrected chi connectivity index (χ4v) is 7.00. The van der Waals surface area contributed by atoms with Crippen molar-refractivity contribution >= 4 is 37.5 Å².